The van der Waals surface area contributed by atoms with Gasteiger partial charge in [0, 0.05) is 17.0 Å². The van der Waals surface area contributed by atoms with E-state index in [-0.39, 0.29) is 47.2 Å². The van der Waals surface area contributed by atoms with Crippen molar-refractivity contribution in [2.24, 2.45) is 15.3 Å². The minimum atomic E-state index is -0.468. The number of azo groups is 1. The number of anilines is 2. The zero-order chi connectivity index (χ0) is 46.6. The molecule has 0 saturated carbocycles. The average molecular weight is 849 g/mol. The Hall–Kier alpha value is -7.80. The van der Waals surface area contributed by atoms with Crippen LogP contribution >= 0.6 is 0 Å². The van der Waals surface area contributed by atoms with E-state index in [0.717, 1.165) is 11.4 Å². The maximum Gasteiger partial charge on any atom is 0.282 e. The molecule has 6 rings (SSSR count). The van der Waals surface area contributed by atoms with E-state index in [1.54, 1.807) is 81.1 Å². The first-order valence-electron chi connectivity index (χ1n) is 20.5. The molecule has 1 aliphatic rings. The Labute approximate surface area is 369 Å². The number of para-hydroxylation sites is 2. The van der Waals surface area contributed by atoms with E-state index in [1.807, 2.05) is 94.4 Å². The Morgan fingerprint density at radius 1 is 0.683 bits per heavy atom. The molecule has 4 aromatic carbocycles. The number of aromatic amines is 1. The number of ketones is 2. The van der Waals surface area contributed by atoms with Gasteiger partial charge in [-0.1, -0.05) is 102 Å². The number of Topliss-reactive ketones (excluding diaryl/α,β-unsaturated/α-hetero) is 2. The molecule has 0 unspecified atom stereocenters. The summed E-state index contributed by atoms with van der Waals surface area (Å²) < 4.78 is 1.40. The number of aromatic nitrogens is 2. The molecule has 2 amide bonds. The first-order valence-corrected chi connectivity index (χ1v) is 20.5. The summed E-state index contributed by atoms with van der Waals surface area (Å²) in [7, 11) is 0. The SMILES string of the molecule is C=C(C)C(=O)CN(CC(=O)C(=C)C)c1ccc(N=Nc2ccccc2)cc1.C=C(C)C(=O)NC1=NN(c2ccccc2)C(=O)/C1=C\c1c(C)[nH]n(-c2ccccc2)c1=O.CC.CC. The molecule has 2 N–H and O–H groups in total. The van der Waals surface area contributed by atoms with Gasteiger partial charge in [-0.3, -0.25) is 29.1 Å². The highest BCUT2D eigenvalue weighted by molar-refractivity contribution is 6.34. The molecule has 1 aliphatic heterocycles. The van der Waals surface area contributed by atoms with Crippen molar-refractivity contribution in [3.05, 3.63) is 179 Å². The summed E-state index contributed by atoms with van der Waals surface area (Å²) in [5, 5.41) is 19.5. The summed E-state index contributed by atoms with van der Waals surface area (Å²) in [6, 6.07) is 34.6. The van der Waals surface area contributed by atoms with Crippen LogP contribution in [0.1, 0.15) is 59.7 Å². The summed E-state index contributed by atoms with van der Waals surface area (Å²) in [6.45, 7) is 25.8. The number of aryl methyl sites for hydroxylation is 1. The molecule has 0 fully saturated rings. The molecule has 13 heteroatoms. The van der Waals surface area contributed by atoms with Gasteiger partial charge in [-0.15, -0.1) is 5.10 Å². The number of hydrogen-bond acceptors (Lipinski definition) is 9. The summed E-state index contributed by atoms with van der Waals surface area (Å²) in [5.41, 5.74) is 5.22. The molecule has 0 aliphatic carbocycles. The number of rotatable bonds is 13. The number of benzene rings is 4. The molecule has 13 nitrogen and oxygen atoms in total. The highest BCUT2D eigenvalue weighted by atomic mass is 16.2. The molecular weight excluding hydrogens is 793 g/mol. The third-order valence-electron chi connectivity index (χ3n) is 8.79. The zero-order valence-electron chi connectivity index (χ0n) is 37.3. The number of carbonyl (C=O) groups excluding carboxylic acids is 4. The normalized spacial score (nSPS) is 12.1. The molecule has 0 radical (unpaired) electrons. The number of carbonyl (C=O) groups is 4. The van der Waals surface area contributed by atoms with E-state index in [0.29, 0.717) is 39.5 Å². The van der Waals surface area contributed by atoms with Gasteiger partial charge in [0.2, 0.25) is 0 Å². The lowest BCUT2D eigenvalue weighted by Crippen LogP contribution is -2.35. The molecule has 0 atom stereocenters. The number of hydrazone groups is 1. The van der Waals surface area contributed by atoms with E-state index in [4.69, 9.17) is 0 Å². The van der Waals surface area contributed by atoms with Gasteiger partial charge >= 0.3 is 0 Å². The molecule has 0 saturated heterocycles. The van der Waals surface area contributed by atoms with Crippen LogP contribution in [0.5, 0.6) is 0 Å². The lowest BCUT2D eigenvalue weighted by atomic mass is 10.1. The van der Waals surface area contributed by atoms with Gasteiger partial charge in [-0.2, -0.15) is 15.2 Å². The van der Waals surface area contributed by atoms with Crippen LogP contribution in [0.15, 0.2) is 177 Å². The highest BCUT2D eigenvalue weighted by Gasteiger charge is 2.33. The third-order valence-corrected chi connectivity index (χ3v) is 8.79. The highest BCUT2D eigenvalue weighted by Crippen LogP contribution is 2.25. The summed E-state index contributed by atoms with van der Waals surface area (Å²) in [4.78, 5) is 64.5. The number of nitrogens with zero attached hydrogens (tertiary/aromatic N) is 6. The first-order chi connectivity index (χ1) is 30.2. The van der Waals surface area contributed by atoms with Crippen molar-refractivity contribution < 1.29 is 19.2 Å². The van der Waals surface area contributed by atoms with E-state index in [2.05, 4.69) is 45.5 Å². The molecule has 5 aromatic rings. The number of amides is 2. The fraction of sp³-hybridized carbons (Fsp3) is 0.200. The molecule has 0 spiro atoms. The number of nitrogens with one attached hydrogen (secondary N) is 2. The first kappa shape index (κ1) is 49.6. The quantitative estimate of drug-likeness (QED) is 0.0885. The van der Waals surface area contributed by atoms with Gasteiger partial charge in [0.25, 0.3) is 17.4 Å². The molecule has 0 bridgehead atoms. The fourth-order valence-electron chi connectivity index (χ4n) is 5.42. The van der Waals surface area contributed by atoms with Gasteiger partial charge in [0.15, 0.2) is 17.4 Å². The van der Waals surface area contributed by atoms with Gasteiger partial charge in [-0.25, -0.2) is 4.68 Å². The van der Waals surface area contributed by atoms with E-state index in [1.165, 1.54) is 15.8 Å². The van der Waals surface area contributed by atoms with Crippen molar-refractivity contribution in [1.82, 2.24) is 15.1 Å². The second-order valence-electron chi connectivity index (χ2n) is 13.6. The number of H-pyrrole nitrogens is 1. The molecular formula is C50H56N8O5. The Bertz CT molecular complexity index is 2520. The third kappa shape index (κ3) is 13.9. The van der Waals surface area contributed by atoms with Crippen molar-refractivity contribution >= 4 is 58.0 Å². The maximum absolute atomic E-state index is 13.2. The zero-order valence-corrected chi connectivity index (χ0v) is 37.3. The van der Waals surface area contributed by atoms with Crippen molar-refractivity contribution in [2.45, 2.75) is 55.4 Å². The fourth-order valence-corrected chi connectivity index (χ4v) is 5.42. The van der Waals surface area contributed by atoms with Crippen LogP contribution in [0.25, 0.3) is 11.8 Å². The van der Waals surface area contributed by atoms with Crippen molar-refractivity contribution in [3.63, 3.8) is 0 Å². The molecule has 2 heterocycles. The standard InChI is InChI=1S/C24H21N5O3.C22H23N3O2.2C2H6/c1-15(2)22(30)25-21-20(24(32)29(27-21)18-12-8-5-9-13-18)14-19-16(3)26-28(23(19)31)17-10-6-4-7-11-17;1-16(2)21(26)14-25(15-22(27)17(3)4)20-12-10-19(11-13-20)24-23-18-8-6-5-7-9-18;2*1-2/h4-14,26H,1H2,2-3H3,(H,25,27,30);5-13H,1,3,14-15H2,2,4H3;2*1-2H3/b20-14-;;;. The lowest BCUT2D eigenvalue weighted by Gasteiger charge is -2.23. The van der Waals surface area contributed by atoms with Crippen molar-refractivity contribution in [2.75, 3.05) is 23.0 Å². The number of amidine groups is 1. The number of hydrogen-bond donors (Lipinski definition) is 2. The van der Waals surface area contributed by atoms with Gasteiger partial charge < -0.3 is 10.2 Å². The van der Waals surface area contributed by atoms with Crippen LogP contribution < -0.4 is 20.8 Å². The van der Waals surface area contributed by atoms with Gasteiger partial charge in [0.05, 0.1) is 47.0 Å². The minimum absolute atomic E-state index is 0.0538. The smallest absolute Gasteiger partial charge is 0.282 e. The predicted molar refractivity (Wildman–Crippen MR) is 255 cm³/mol. The van der Waals surface area contributed by atoms with E-state index >= 15 is 0 Å². The minimum Gasteiger partial charge on any atom is -0.356 e. The largest absolute Gasteiger partial charge is 0.356 e. The Morgan fingerprint density at radius 3 is 1.62 bits per heavy atom. The second-order valence-corrected chi connectivity index (χ2v) is 13.6. The molecule has 63 heavy (non-hydrogen) atoms. The predicted octanol–water partition coefficient (Wildman–Crippen LogP) is 10.2. The van der Waals surface area contributed by atoms with Crippen LogP contribution in [0.3, 0.4) is 0 Å². The Morgan fingerprint density at radius 2 is 1.14 bits per heavy atom. The van der Waals surface area contributed by atoms with Gasteiger partial charge in [0.1, 0.15) is 0 Å². The summed E-state index contributed by atoms with van der Waals surface area (Å²) in [5.74, 6) is -1.10. The topological polar surface area (TPSA) is 162 Å². The van der Waals surface area contributed by atoms with E-state index in [9.17, 15) is 24.0 Å². The van der Waals surface area contributed by atoms with Crippen molar-refractivity contribution in [3.8, 4) is 5.69 Å². The van der Waals surface area contributed by atoms with E-state index < -0.39 is 11.8 Å². The monoisotopic (exact) mass is 848 g/mol. The summed E-state index contributed by atoms with van der Waals surface area (Å²) >= 11 is 0. The van der Waals surface area contributed by atoms with Crippen molar-refractivity contribution in [1.29, 1.82) is 0 Å². The van der Waals surface area contributed by atoms with Crippen LogP contribution in [-0.4, -0.2) is 52.1 Å². The van der Waals surface area contributed by atoms with Crippen LogP contribution in [0, 0.1) is 6.92 Å². The Balaban J connectivity index is 0.000000315. The average Bonchev–Trinajstić information content (AvgIpc) is 3.77. The van der Waals surface area contributed by atoms with Crippen LogP contribution in [0.2, 0.25) is 0 Å². The lowest BCUT2D eigenvalue weighted by molar-refractivity contribution is -0.116. The maximum atomic E-state index is 13.2. The summed E-state index contributed by atoms with van der Waals surface area (Å²) in [6.07, 6.45) is 1.45. The van der Waals surface area contributed by atoms with Crippen LogP contribution in [-0.2, 0) is 19.2 Å². The molecule has 1 aromatic heterocycles. The molecule has 326 valence electrons. The second kappa shape index (κ2) is 24.5. The Kier molecular flexibility index (Phi) is 19.2. The van der Waals surface area contributed by atoms with Gasteiger partial charge in [-0.05, 0) is 106 Å². The van der Waals surface area contributed by atoms with Crippen LogP contribution in [0.4, 0.5) is 22.7 Å².